The minimum absolute atomic E-state index is 0. The Morgan fingerprint density at radius 2 is 1.38 bits per heavy atom. The van der Waals surface area contributed by atoms with Gasteiger partial charge in [-0.2, -0.15) is 0 Å². The summed E-state index contributed by atoms with van der Waals surface area (Å²) in [6.45, 7) is 2.18. The largest absolute Gasteiger partial charge is 0.310 e. The maximum atomic E-state index is 11.6. The molecule has 0 saturated carbocycles. The van der Waals surface area contributed by atoms with Crippen molar-refractivity contribution >= 4 is 18.2 Å². The standard InChI is InChI=1S/C11H11NO.C11H13N.ClH/c13-10-6-9-11-7(4-5-12-9)2-1-3-8(10)11;1-2-8-4-5-10-11(8)9(3-1)6-7-12-10;/h1-3,9,12H,4-6H2;1-3,10,12H,4-7H2;1H. The molecule has 4 aliphatic rings. The number of aryl methyl sites for hydroxylation is 1. The van der Waals surface area contributed by atoms with Crippen molar-refractivity contribution in [2.24, 2.45) is 0 Å². The Morgan fingerprint density at radius 1 is 0.769 bits per heavy atom. The summed E-state index contributed by atoms with van der Waals surface area (Å²) >= 11 is 0. The fraction of sp³-hybridized carbons (Fsp3) is 0.409. The van der Waals surface area contributed by atoms with Gasteiger partial charge in [-0.05, 0) is 66.6 Å². The molecule has 136 valence electrons. The van der Waals surface area contributed by atoms with Gasteiger partial charge in [-0.15, -0.1) is 12.4 Å². The highest BCUT2D eigenvalue weighted by molar-refractivity contribution is 6.01. The minimum Gasteiger partial charge on any atom is -0.310 e. The summed E-state index contributed by atoms with van der Waals surface area (Å²) in [6, 6.07) is 13.9. The van der Waals surface area contributed by atoms with Crippen molar-refractivity contribution in [1.82, 2.24) is 10.6 Å². The highest BCUT2D eigenvalue weighted by atomic mass is 35.5. The van der Waals surface area contributed by atoms with Crippen LogP contribution in [0.3, 0.4) is 0 Å². The number of halogens is 1. The summed E-state index contributed by atoms with van der Waals surface area (Å²) < 4.78 is 0. The number of hydrogen-bond acceptors (Lipinski definition) is 3. The number of nitrogens with one attached hydrogen (secondary N) is 2. The van der Waals surface area contributed by atoms with E-state index < -0.39 is 0 Å². The van der Waals surface area contributed by atoms with Gasteiger partial charge in [0.15, 0.2) is 5.78 Å². The second kappa shape index (κ2) is 7.15. The van der Waals surface area contributed by atoms with Gasteiger partial charge in [0.25, 0.3) is 0 Å². The molecule has 6 rings (SSSR count). The Kier molecular flexibility index (Phi) is 4.87. The first-order chi connectivity index (χ1) is 12.3. The summed E-state index contributed by atoms with van der Waals surface area (Å²) in [7, 11) is 0. The van der Waals surface area contributed by atoms with Gasteiger partial charge in [-0.3, -0.25) is 4.79 Å². The molecule has 0 radical (unpaired) electrons. The van der Waals surface area contributed by atoms with Crippen molar-refractivity contribution in [2.75, 3.05) is 13.1 Å². The normalized spacial score (nSPS) is 24.1. The van der Waals surface area contributed by atoms with E-state index in [1.807, 2.05) is 12.1 Å². The van der Waals surface area contributed by atoms with E-state index in [2.05, 4.69) is 34.9 Å². The zero-order valence-corrected chi connectivity index (χ0v) is 15.7. The zero-order chi connectivity index (χ0) is 16.8. The fourth-order valence-corrected chi connectivity index (χ4v) is 5.02. The van der Waals surface area contributed by atoms with Gasteiger partial charge in [0.05, 0.1) is 0 Å². The lowest BCUT2D eigenvalue weighted by atomic mass is 9.95. The van der Waals surface area contributed by atoms with Gasteiger partial charge in [-0.1, -0.05) is 36.4 Å². The van der Waals surface area contributed by atoms with Gasteiger partial charge in [0.1, 0.15) is 0 Å². The van der Waals surface area contributed by atoms with Crippen molar-refractivity contribution in [3.63, 3.8) is 0 Å². The molecule has 2 aromatic carbocycles. The first-order valence-corrected chi connectivity index (χ1v) is 9.53. The van der Waals surface area contributed by atoms with E-state index in [4.69, 9.17) is 0 Å². The molecule has 0 fully saturated rings. The molecule has 0 amide bonds. The van der Waals surface area contributed by atoms with E-state index in [0.29, 0.717) is 24.3 Å². The maximum Gasteiger partial charge on any atom is 0.165 e. The molecule has 2 aliphatic heterocycles. The highest BCUT2D eigenvalue weighted by Gasteiger charge is 2.32. The Balaban J connectivity index is 0.000000125. The molecule has 2 unspecified atom stereocenters. The number of hydrogen-bond donors (Lipinski definition) is 2. The summed E-state index contributed by atoms with van der Waals surface area (Å²) in [5, 5.41) is 6.96. The van der Waals surface area contributed by atoms with Crippen molar-refractivity contribution in [2.45, 2.75) is 44.2 Å². The van der Waals surface area contributed by atoms with Gasteiger partial charge in [0.2, 0.25) is 0 Å². The van der Waals surface area contributed by atoms with Crippen molar-refractivity contribution in [3.8, 4) is 0 Å². The number of ketones is 1. The molecule has 0 aromatic heterocycles. The number of rotatable bonds is 0. The third-order valence-corrected chi connectivity index (χ3v) is 6.14. The van der Waals surface area contributed by atoms with Crippen LogP contribution in [-0.4, -0.2) is 18.9 Å². The Labute approximate surface area is 161 Å². The predicted octanol–water partition coefficient (Wildman–Crippen LogP) is 3.70. The zero-order valence-electron chi connectivity index (χ0n) is 14.9. The summed E-state index contributed by atoms with van der Waals surface area (Å²) in [4.78, 5) is 11.6. The Bertz CT molecular complexity index is 848. The van der Waals surface area contributed by atoms with Crippen molar-refractivity contribution < 1.29 is 4.79 Å². The van der Waals surface area contributed by atoms with E-state index >= 15 is 0 Å². The summed E-state index contributed by atoms with van der Waals surface area (Å²) in [5.41, 5.74) is 8.41. The molecule has 0 spiro atoms. The smallest absolute Gasteiger partial charge is 0.165 e. The first-order valence-electron chi connectivity index (χ1n) is 9.53. The second-order valence-corrected chi connectivity index (χ2v) is 7.55. The van der Waals surface area contributed by atoms with Gasteiger partial charge < -0.3 is 10.6 Å². The van der Waals surface area contributed by atoms with Crippen LogP contribution < -0.4 is 10.6 Å². The topological polar surface area (TPSA) is 41.1 Å². The van der Waals surface area contributed by atoms with Crippen LogP contribution in [0.5, 0.6) is 0 Å². The summed E-state index contributed by atoms with van der Waals surface area (Å²) in [5.74, 6) is 0.302. The van der Waals surface area contributed by atoms with E-state index in [1.165, 1.54) is 36.9 Å². The Morgan fingerprint density at radius 3 is 2.15 bits per heavy atom. The number of carbonyl (C=O) groups excluding carboxylic acids is 1. The van der Waals surface area contributed by atoms with Gasteiger partial charge >= 0.3 is 0 Å². The number of Topliss-reactive ketones (excluding diaryl/α,β-unsaturated/α-hetero) is 1. The first kappa shape index (κ1) is 17.7. The van der Waals surface area contributed by atoms with Crippen LogP contribution in [0.2, 0.25) is 0 Å². The minimum atomic E-state index is 0. The van der Waals surface area contributed by atoms with Crippen LogP contribution in [-0.2, 0) is 19.3 Å². The second-order valence-electron chi connectivity index (χ2n) is 7.55. The number of benzene rings is 2. The van der Waals surface area contributed by atoms with Crippen LogP contribution in [0.4, 0.5) is 0 Å². The molecule has 2 atom stereocenters. The average molecular weight is 369 g/mol. The fourth-order valence-electron chi connectivity index (χ4n) is 5.02. The third-order valence-electron chi connectivity index (χ3n) is 6.14. The number of carbonyl (C=O) groups is 1. The van der Waals surface area contributed by atoms with Gasteiger partial charge in [0, 0.05) is 24.1 Å². The predicted molar refractivity (Wildman–Crippen MR) is 106 cm³/mol. The third kappa shape index (κ3) is 2.88. The quantitative estimate of drug-likeness (QED) is 0.745. The molecule has 3 nitrogen and oxygen atoms in total. The molecular formula is C22H25ClN2O. The van der Waals surface area contributed by atoms with Crippen LogP contribution >= 0.6 is 12.4 Å². The molecule has 2 aromatic rings. The molecule has 2 heterocycles. The monoisotopic (exact) mass is 368 g/mol. The molecular weight excluding hydrogens is 344 g/mol. The van der Waals surface area contributed by atoms with Crippen LogP contribution in [0.25, 0.3) is 0 Å². The molecule has 2 aliphatic carbocycles. The molecule has 0 bridgehead atoms. The van der Waals surface area contributed by atoms with Crippen molar-refractivity contribution in [3.05, 3.63) is 69.8 Å². The molecule has 26 heavy (non-hydrogen) atoms. The van der Waals surface area contributed by atoms with E-state index in [-0.39, 0.29) is 12.4 Å². The van der Waals surface area contributed by atoms with Crippen LogP contribution in [0.1, 0.15) is 63.1 Å². The molecule has 2 N–H and O–H groups in total. The Hall–Kier alpha value is -1.68. The van der Waals surface area contributed by atoms with E-state index in [9.17, 15) is 4.79 Å². The molecule has 0 saturated heterocycles. The lowest BCUT2D eigenvalue weighted by Gasteiger charge is -2.22. The van der Waals surface area contributed by atoms with Crippen LogP contribution in [0.15, 0.2) is 36.4 Å². The maximum absolute atomic E-state index is 11.6. The average Bonchev–Trinajstić information content (AvgIpc) is 3.21. The highest BCUT2D eigenvalue weighted by Crippen LogP contribution is 2.36. The van der Waals surface area contributed by atoms with Crippen LogP contribution in [0, 0.1) is 0 Å². The molecule has 4 heteroatoms. The van der Waals surface area contributed by atoms with E-state index in [1.54, 1.807) is 16.7 Å². The SMILES string of the molecule is Cl.O=C1CC2NCCc3cccc1c32.c1cc2c3c(c1)CCC3NCC2. The van der Waals surface area contributed by atoms with E-state index in [0.717, 1.165) is 18.5 Å². The van der Waals surface area contributed by atoms with Crippen molar-refractivity contribution in [1.29, 1.82) is 0 Å². The van der Waals surface area contributed by atoms with Gasteiger partial charge in [-0.25, -0.2) is 0 Å². The lowest BCUT2D eigenvalue weighted by Crippen LogP contribution is -2.27. The summed E-state index contributed by atoms with van der Waals surface area (Å²) in [6.07, 6.45) is 5.53. The lowest BCUT2D eigenvalue weighted by molar-refractivity contribution is 0.0986.